The molecule has 0 unspecified atom stereocenters. The zero-order chi connectivity index (χ0) is 13.0. The smallest absolute Gasteiger partial charge is 0.140 e. The summed E-state index contributed by atoms with van der Waals surface area (Å²) in [4.78, 5) is 0. The van der Waals surface area contributed by atoms with Gasteiger partial charge in [0.15, 0.2) is 0 Å². The van der Waals surface area contributed by atoms with Crippen LogP contribution in [0.5, 0.6) is 0 Å². The molecule has 0 aromatic heterocycles. The Bertz CT molecular complexity index is 605. The fraction of sp³-hybridized carbons (Fsp3) is 0.0714. The van der Waals surface area contributed by atoms with Gasteiger partial charge in [0.1, 0.15) is 11.9 Å². The molecule has 0 saturated carbocycles. The van der Waals surface area contributed by atoms with E-state index in [2.05, 4.69) is 21.2 Å². The summed E-state index contributed by atoms with van der Waals surface area (Å²) in [7, 11) is 0. The van der Waals surface area contributed by atoms with E-state index in [1.807, 2.05) is 30.3 Å². The largest absolute Gasteiger partial charge is 0.380 e. The van der Waals surface area contributed by atoms with Crippen LogP contribution >= 0.6 is 15.9 Å². The zero-order valence-corrected chi connectivity index (χ0v) is 11.0. The Morgan fingerprint density at radius 3 is 2.72 bits per heavy atom. The SMILES string of the molecule is N#Cc1cc(CNc2ccccc2Br)ccc1F. The van der Waals surface area contributed by atoms with Crippen molar-refractivity contribution in [3.05, 3.63) is 63.9 Å². The van der Waals surface area contributed by atoms with Gasteiger partial charge in [-0.25, -0.2) is 4.39 Å². The number of rotatable bonds is 3. The first kappa shape index (κ1) is 12.6. The first-order valence-corrected chi connectivity index (χ1v) is 6.17. The molecule has 2 rings (SSSR count). The van der Waals surface area contributed by atoms with Crippen LogP contribution in [0.2, 0.25) is 0 Å². The molecule has 0 saturated heterocycles. The molecule has 0 radical (unpaired) electrons. The second-order valence-corrected chi connectivity index (χ2v) is 4.61. The van der Waals surface area contributed by atoms with Crippen molar-refractivity contribution < 1.29 is 4.39 Å². The molecular formula is C14H10BrFN2. The Labute approximate surface area is 113 Å². The van der Waals surface area contributed by atoms with Crippen LogP contribution in [-0.4, -0.2) is 0 Å². The number of anilines is 1. The average Bonchev–Trinajstić information content (AvgIpc) is 2.39. The normalized spacial score (nSPS) is 9.83. The Kier molecular flexibility index (Phi) is 3.96. The molecule has 2 aromatic rings. The van der Waals surface area contributed by atoms with Crippen LogP contribution < -0.4 is 5.32 Å². The van der Waals surface area contributed by atoms with Crippen LogP contribution in [0.4, 0.5) is 10.1 Å². The zero-order valence-electron chi connectivity index (χ0n) is 9.45. The van der Waals surface area contributed by atoms with Crippen molar-refractivity contribution in [2.45, 2.75) is 6.54 Å². The van der Waals surface area contributed by atoms with Crippen molar-refractivity contribution in [1.29, 1.82) is 5.26 Å². The molecular weight excluding hydrogens is 295 g/mol. The van der Waals surface area contributed by atoms with Crippen molar-refractivity contribution in [3.63, 3.8) is 0 Å². The molecule has 0 spiro atoms. The standard InChI is InChI=1S/C14H10BrFN2/c15-12-3-1-2-4-14(12)18-9-10-5-6-13(16)11(7-10)8-17/h1-7,18H,9H2. The molecule has 2 aromatic carbocycles. The number of hydrogen-bond acceptors (Lipinski definition) is 2. The van der Waals surface area contributed by atoms with Crippen LogP contribution in [-0.2, 0) is 6.54 Å². The predicted octanol–water partition coefficient (Wildman–Crippen LogP) is 4.07. The van der Waals surface area contributed by atoms with Crippen molar-refractivity contribution >= 4 is 21.6 Å². The lowest BCUT2D eigenvalue weighted by Crippen LogP contribution is -2.00. The molecule has 0 aliphatic heterocycles. The summed E-state index contributed by atoms with van der Waals surface area (Å²) in [6.07, 6.45) is 0. The molecule has 0 heterocycles. The third kappa shape index (κ3) is 2.88. The molecule has 0 atom stereocenters. The fourth-order valence-corrected chi connectivity index (χ4v) is 1.99. The summed E-state index contributed by atoms with van der Waals surface area (Å²) < 4.78 is 14.1. The van der Waals surface area contributed by atoms with Gasteiger partial charge in [-0.05, 0) is 45.8 Å². The maximum absolute atomic E-state index is 13.1. The van der Waals surface area contributed by atoms with Crippen LogP contribution in [0.1, 0.15) is 11.1 Å². The van der Waals surface area contributed by atoms with E-state index in [1.165, 1.54) is 6.07 Å². The summed E-state index contributed by atoms with van der Waals surface area (Å²) in [5.74, 6) is -0.484. The third-order valence-electron chi connectivity index (χ3n) is 2.51. The van der Waals surface area contributed by atoms with Crippen molar-refractivity contribution in [1.82, 2.24) is 0 Å². The molecule has 2 nitrogen and oxygen atoms in total. The second kappa shape index (κ2) is 5.65. The van der Waals surface area contributed by atoms with E-state index in [-0.39, 0.29) is 5.56 Å². The van der Waals surface area contributed by atoms with E-state index >= 15 is 0 Å². The molecule has 90 valence electrons. The van der Waals surface area contributed by atoms with E-state index in [1.54, 1.807) is 12.1 Å². The molecule has 0 aliphatic carbocycles. The van der Waals surface area contributed by atoms with Crippen molar-refractivity contribution in [3.8, 4) is 6.07 Å². The molecule has 1 N–H and O–H groups in total. The minimum absolute atomic E-state index is 0.0708. The number of nitriles is 1. The lowest BCUT2D eigenvalue weighted by molar-refractivity contribution is 0.623. The maximum atomic E-state index is 13.1. The highest BCUT2D eigenvalue weighted by molar-refractivity contribution is 9.10. The monoisotopic (exact) mass is 304 g/mol. The van der Waals surface area contributed by atoms with Gasteiger partial charge in [-0.3, -0.25) is 0 Å². The van der Waals surface area contributed by atoms with Gasteiger partial charge in [0, 0.05) is 16.7 Å². The number of nitrogens with zero attached hydrogens (tertiary/aromatic N) is 1. The van der Waals surface area contributed by atoms with Gasteiger partial charge in [0.2, 0.25) is 0 Å². The lowest BCUT2D eigenvalue weighted by atomic mass is 10.1. The molecule has 0 fully saturated rings. The highest BCUT2D eigenvalue weighted by atomic mass is 79.9. The second-order valence-electron chi connectivity index (χ2n) is 3.76. The highest BCUT2D eigenvalue weighted by Crippen LogP contribution is 2.22. The maximum Gasteiger partial charge on any atom is 0.140 e. The van der Waals surface area contributed by atoms with Crippen LogP contribution in [0.15, 0.2) is 46.9 Å². The summed E-state index contributed by atoms with van der Waals surface area (Å²) >= 11 is 3.43. The quantitative estimate of drug-likeness (QED) is 0.927. The minimum Gasteiger partial charge on any atom is -0.380 e. The minimum atomic E-state index is -0.484. The van der Waals surface area contributed by atoms with Crippen LogP contribution in [0.3, 0.4) is 0 Å². The molecule has 0 bridgehead atoms. The van der Waals surface area contributed by atoms with Gasteiger partial charge in [-0.15, -0.1) is 0 Å². The first-order chi connectivity index (χ1) is 8.70. The number of benzene rings is 2. The predicted molar refractivity (Wildman–Crippen MR) is 72.6 cm³/mol. The Balaban J connectivity index is 2.12. The van der Waals surface area contributed by atoms with E-state index in [9.17, 15) is 4.39 Å². The Morgan fingerprint density at radius 1 is 1.22 bits per heavy atom. The summed E-state index contributed by atoms with van der Waals surface area (Å²) in [5.41, 5.74) is 1.89. The number of hydrogen-bond donors (Lipinski definition) is 1. The number of para-hydroxylation sites is 1. The van der Waals surface area contributed by atoms with Gasteiger partial charge < -0.3 is 5.32 Å². The number of nitrogens with one attached hydrogen (secondary N) is 1. The van der Waals surface area contributed by atoms with E-state index in [4.69, 9.17) is 5.26 Å². The first-order valence-electron chi connectivity index (χ1n) is 5.37. The Hall–Kier alpha value is -1.86. The van der Waals surface area contributed by atoms with E-state index in [0.717, 1.165) is 15.7 Å². The lowest BCUT2D eigenvalue weighted by Gasteiger charge is -2.08. The van der Waals surface area contributed by atoms with Gasteiger partial charge in [-0.2, -0.15) is 5.26 Å². The van der Waals surface area contributed by atoms with Gasteiger partial charge in [0.25, 0.3) is 0 Å². The summed E-state index contributed by atoms with van der Waals surface area (Å²) in [6, 6.07) is 14.1. The van der Waals surface area contributed by atoms with E-state index < -0.39 is 5.82 Å². The van der Waals surface area contributed by atoms with Crippen molar-refractivity contribution in [2.75, 3.05) is 5.32 Å². The fourth-order valence-electron chi connectivity index (χ4n) is 1.57. The summed E-state index contributed by atoms with van der Waals surface area (Å²) in [5, 5.41) is 12.0. The molecule has 4 heteroatoms. The molecule has 18 heavy (non-hydrogen) atoms. The van der Waals surface area contributed by atoms with Gasteiger partial charge in [-0.1, -0.05) is 18.2 Å². The van der Waals surface area contributed by atoms with Crippen LogP contribution in [0, 0.1) is 17.1 Å². The third-order valence-corrected chi connectivity index (χ3v) is 3.20. The Morgan fingerprint density at radius 2 is 2.00 bits per heavy atom. The molecule has 0 amide bonds. The van der Waals surface area contributed by atoms with Crippen molar-refractivity contribution in [2.24, 2.45) is 0 Å². The van der Waals surface area contributed by atoms with E-state index in [0.29, 0.717) is 6.54 Å². The van der Waals surface area contributed by atoms with Gasteiger partial charge >= 0.3 is 0 Å². The number of halogens is 2. The van der Waals surface area contributed by atoms with Crippen LogP contribution in [0.25, 0.3) is 0 Å². The average molecular weight is 305 g/mol. The van der Waals surface area contributed by atoms with Gasteiger partial charge in [0.05, 0.1) is 5.56 Å². The summed E-state index contributed by atoms with van der Waals surface area (Å²) in [6.45, 7) is 0.539. The topological polar surface area (TPSA) is 35.8 Å². The highest BCUT2D eigenvalue weighted by Gasteiger charge is 2.03. The molecule has 0 aliphatic rings.